The zero-order chi connectivity index (χ0) is 19.7. The highest BCUT2D eigenvalue weighted by Crippen LogP contribution is 2.27. The van der Waals surface area contributed by atoms with E-state index in [1.54, 1.807) is 4.68 Å². The van der Waals surface area contributed by atoms with Crippen molar-refractivity contribution in [1.29, 1.82) is 0 Å². The zero-order valence-electron chi connectivity index (χ0n) is 15.3. The summed E-state index contributed by atoms with van der Waals surface area (Å²) in [6.07, 6.45) is 0. The van der Waals surface area contributed by atoms with E-state index in [0.717, 1.165) is 20.5 Å². The van der Waals surface area contributed by atoms with Gasteiger partial charge in [-0.3, -0.25) is 4.79 Å². The second kappa shape index (κ2) is 7.84. The molecule has 2 aromatic heterocycles. The van der Waals surface area contributed by atoms with Crippen molar-refractivity contribution >= 4 is 45.7 Å². The van der Waals surface area contributed by atoms with Crippen LogP contribution in [-0.2, 0) is 0 Å². The largest absolute Gasteiger partial charge is 0.306 e. The Morgan fingerprint density at radius 2 is 1.86 bits per heavy atom. The molecule has 0 aliphatic heterocycles. The van der Waals surface area contributed by atoms with Crippen LogP contribution in [0.1, 0.15) is 21.6 Å². The highest BCUT2D eigenvalue weighted by atomic mass is 127. The number of anilines is 1. The number of hydrogen-bond acceptors (Lipinski definition) is 4. The number of nitrogens with one attached hydrogen (secondary N) is 1. The maximum atomic E-state index is 12.7. The number of rotatable bonds is 4. The second-order valence-electron chi connectivity index (χ2n) is 6.40. The maximum absolute atomic E-state index is 12.7. The van der Waals surface area contributed by atoms with Gasteiger partial charge in [0.15, 0.2) is 0 Å². The van der Waals surface area contributed by atoms with Crippen LogP contribution in [0.15, 0.2) is 60.0 Å². The van der Waals surface area contributed by atoms with Crippen LogP contribution >= 0.6 is 33.9 Å². The molecule has 0 radical (unpaired) electrons. The molecule has 0 unspecified atom stereocenters. The van der Waals surface area contributed by atoms with Crippen LogP contribution in [0.3, 0.4) is 0 Å². The van der Waals surface area contributed by atoms with Gasteiger partial charge in [0.05, 0.1) is 17.0 Å². The first-order chi connectivity index (χ1) is 13.5. The topological polar surface area (TPSA) is 59.8 Å². The number of amides is 1. The van der Waals surface area contributed by atoms with Crippen molar-refractivity contribution in [3.63, 3.8) is 0 Å². The van der Waals surface area contributed by atoms with Crippen LogP contribution in [-0.4, -0.2) is 20.7 Å². The van der Waals surface area contributed by atoms with Gasteiger partial charge in [-0.05, 0) is 48.6 Å². The van der Waals surface area contributed by atoms with Crippen LogP contribution < -0.4 is 5.32 Å². The molecule has 7 heteroatoms. The van der Waals surface area contributed by atoms with Gasteiger partial charge in [-0.15, -0.1) is 11.3 Å². The lowest BCUT2D eigenvalue weighted by Crippen LogP contribution is -2.16. The summed E-state index contributed by atoms with van der Waals surface area (Å²) in [5.74, 6) is 0.438. The number of carbonyl (C=O) groups excluding carboxylic acids is 1. The quantitative estimate of drug-likeness (QED) is 0.378. The number of benzene rings is 2. The molecule has 2 heterocycles. The number of thiazole rings is 1. The third kappa shape index (κ3) is 3.85. The van der Waals surface area contributed by atoms with E-state index in [4.69, 9.17) is 4.98 Å². The summed E-state index contributed by atoms with van der Waals surface area (Å²) in [6, 6.07) is 17.6. The average molecular weight is 500 g/mol. The number of hydrogen-bond donors (Lipinski definition) is 1. The lowest BCUT2D eigenvalue weighted by Gasteiger charge is -2.07. The fourth-order valence-electron chi connectivity index (χ4n) is 2.78. The van der Waals surface area contributed by atoms with Gasteiger partial charge in [0.2, 0.25) is 5.13 Å². The first-order valence-electron chi connectivity index (χ1n) is 8.67. The summed E-state index contributed by atoms with van der Waals surface area (Å²) in [7, 11) is 0. The number of aryl methyl sites for hydroxylation is 2. The van der Waals surface area contributed by atoms with Gasteiger partial charge in [-0.25, -0.2) is 4.98 Å². The van der Waals surface area contributed by atoms with Gasteiger partial charge in [0, 0.05) is 20.6 Å². The Kier molecular flexibility index (Phi) is 5.27. The van der Waals surface area contributed by atoms with Gasteiger partial charge in [-0.2, -0.15) is 9.78 Å². The van der Waals surface area contributed by atoms with E-state index < -0.39 is 0 Å². The van der Waals surface area contributed by atoms with E-state index in [1.807, 2.05) is 42.6 Å². The SMILES string of the molecule is Cc1ccc(-c2csc(-n3nc(C)cc3NC(=O)c3ccccc3I)n2)cc1. The first kappa shape index (κ1) is 18.8. The van der Waals surface area contributed by atoms with E-state index in [9.17, 15) is 4.79 Å². The maximum Gasteiger partial charge on any atom is 0.257 e. The molecule has 0 saturated heterocycles. The van der Waals surface area contributed by atoms with Crippen LogP contribution in [0, 0.1) is 17.4 Å². The monoisotopic (exact) mass is 500 g/mol. The predicted octanol–water partition coefficient (Wildman–Crippen LogP) is 5.47. The van der Waals surface area contributed by atoms with Crippen LogP contribution in [0.2, 0.25) is 0 Å². The molecule has 5 nitrogen and oxygen atoms in total. The van der Waals surface area contributed by atoms with Crippen LogP contribution in [0.25, 0.3) is 16.4 Å². The molecule has 1 amide bonds. The molecule has 0 saturated carbocycles. The Hall–Kier alpha value is -2.52. The summed E-state index contributed by atoms with van der Waals surface area (Å²) in [5.41, 5.74) is 4.60. The van der Waals surface area contributed by atoms with Crippen molar-refractivity contribution in [1.82, 2.24) is 14.8 Å². The Labute approximate surface area is 180 Å². The molecule has 4 aromatic rings. The minimum absolute atomic E-state index is 0.165. The van der Waals surface area contributed by atoms with Gasteiger partial charge >= 0.3 is 0 Å². The summed E-state index contributed by atoms with van der Waals surface area (Å²) < 4.78 is 2.59. The first-order valence-corrected chi connectivity index (χ1v) is 10.6. The van der Waals surface area contributed by atoms with Gasteiger partial charge in [0.25, 0.3) is 5.91 Å². The number of halogens is 1. The highest BCUT2D eigenvalue weighted by molar-refractivity contribution is 14.1. The standard InChI is InChI=1S/C21H17IN4OS/c1-13-7-9-15(10-8-13)18-12-28-21(23-18)26-19(11-14(2)25-26)24-20(27)16-5-3-4-6-17(16)22/h3-12H,1-2H3,(H,24,27). The molecule has 0 spiro atoms. The number of carbonyl (C=O) groups is 1. The Morgan fingerprint density at radius 3 is 2.61 bits per heavy atom. The third-order valence-electron chi connectivity index (χ3n) is 4.21. The van der Waals surface area contributed by atoms with E-state index in [1.165, 1.54) is 16.9 Å². The van der Waals surface area contributed by atoms with Crippen LogP contribution in [0.4, 0.5) is 5.82 Å². The Bertz CT molecular complexity index is 1150. The summed E-state index contributed by atoms with van der Waals surface area (Å²) in [6.45, 7) is 3.96. The smallest absolute Gasteiger partial charge is 0.257 e. The lowest BCUT2D eigenvalue weighted by atomic mass is 10.1. The van der Waals surface area contributed by atoms with Crippen molar-refractivity contribution in [2.24, 2.45) is 0 Å². The van der Waals surface area contributed by atoms with Gasteiger partial charge < -0.3 is 5.32 Å². The van der Waals surface area contributed by atoms with E-state index in [0.29, 0.717) is 16.5 Å². The molecule has 0 atom stereocenters. The van der Waals surface area contributed by atoms with Crippen molar-refractivity contribution in [3.8, 4) is 16.4 Å². The molecule has 1 N–H and O–H groups in total. The third-order valence-corrected chi connectivity index (χ3v) is 5.97. The zero-order valence-corrected chi connectivity index (χ0v) is 18.3. The van der Waals surface area contributed by atoms with Gasteiger partial charge in [0.1, 0.15) is 5.82 Å². The normalized spacial score (nSPS) is 10.8. The van der Waals surface area contributed by atoms with E-state index >= 15 is 0 Å². The van der Waals surface area contributed by atoms with Crippen LogP contribution in [0.5, 0.6) is 0 Å². The van der Waals surface area contributed by atoms with E-state index in [-0.39, 0.29) is 5.91 Å². The fraction of sp³-hybridized carbons (Fsp3) is 0.0952. The molecule has 4 rings (SSSR count). The Balaban J connectivity index is 1.64. The average Bonchev–Trinajstić information content (AvgIpc) is 3.29. The van der Waals surface area contributed by atoms with Crippen molar-refractivity contribution < 1.29 is 4.79 Å². The summed E-state index contributed by atoms with van der Waals surface area (Å²) >= 11 is 3.65. The second-order valence-corrected chi connectivity index (χ2v) is 8.40. The minimum atomic E-state index is -0.165. The molecule has 0 aliphatic rings. The minimum Gasteiger partial charge on any atom is -0.306 e. The molecule has 2 aromatic carbocycles. The summed E-state index contributed by atoms with van der Waals surface area (Å²) in [5, 5.41) is 10.2. The lowest BCUT2D eigenvalue weighted by molar-refractivity contribution is 0.102. The fourth-order valence-corrected chi connectivity index (χ4v) is 4.21. The predicted molar refractivity (Wildman–Crippen MR) is 121 cm³/mol. The van der Waals surface area contributed by atoms with Gasteiger partial charge in [-0.1, -0.05) is 42.0 Å². The molecule has 28 heavy (non-hydrogen) atoms. The molecule has 0 fully saturated rings. The summed E-state index contributed by atoms with van der Waals surface area (Å²) in [4.78, 5) is 17.4. The molecular formula is C21H17IN4OS. The van der Waals surface area contributed by atoms with E-state index in [2.05, 4.69) is 64.2 Å². The number of aromatic nitrogens is 3. The van der Waals surface area contributed by atoms with Crippen molar-refractivity contribution in [3.05, 3.63) is 80.4 Å². The Morgan fingerprint density at radius 1 is 1.11 bits per heavy atom. The van der Waals surface area contributed by atoms with Crippen molar-refractivity contribution in [2.75, 3.05) is 5.32 Å². The molecule has 140 valence electrons. The molecular weight excluding hydrogens is 483 g/mol. The molecule has 0 bridgehead atoms. The highest BCUT2D eigenvalue weighted by Gasteiger charge is 2.16. The number of nitrogens with zero attached hydrogens (tertiary/aromatic N) is 3. The molecule has 0 aliphatic carbocycles. The van der Waals surface area contributed by atoms with Crippen molar-refractivity contribution in [2.45, 2.75) is 13.8 Å².